The van der Waals surface area contributed by atoms with Gasteiger partial charge in [0.05, 0.1) is 13.2 Å². The van der Waals surface area contributed by atoms with Crippen LogP contribution in [-0.2, 0) is 4.79 Å². The average Bonchev–Trinajstić information content (AvgIpc) is 3.32. The number of benzene rings is 2. The lowest BCUT2D eigenvalue weighted by Crippen LogP contribution is -2.36. The monoisotopic (exact) mass is 284 g/mol. The van der Waals surface area contributed by atoms with E-state index in [4.69, 9.17) is 5.11 Å². The van der Waals surface area contributed by atoms with Gasteiger partial charge in [-0.05, 0) is 24.3 Å². The van der Waals surface area contributed by atoms with E-state index in [-0.39, 0.29) is 12.5 Å². The van der Waals surface area contributed by atoms with Crippen molar-refractivity contribution in [3.8, 4) is 0 Å². The third kappa shape index (κ3) is 3.40. The second kappa shape index (κ2) is 6.24. The topological polar surface area (TPSA) is 52.6 Å². The molecule has 1 amide bonds. The van der Waals surface area contributed by atoms with Crippen LogP contribution in [0.5, 0.6) is 0 Å². The normalized spacial score (nSPS) is 14.6. The Kier molecular flexibility index (Phi) is 4.18. The van der Waals surface area contributed by atoms with Gasteiger partial charge in [-0.15, -0.1) is 0 Å². The van der Waals surface area contributed by atoms with E-state index in [1.807, 2.05) is 42.5 Å². The average molecular weight is 284 g/mol. The van der Waals surface area contributed by atoms with Crippen molar-refractivity contribution in [3.63, 3.8) is 0 Å². The highest BCUT2D eigenvalue weighted by Crippen LogP contribution is 2.27. The van der Waals surface area contributed by atoms with Crippen molar-refractivity contribution in [1.29, 1.82) is 0 Å². The number of aliphatic hydroxyl groups is 1. The first-order valence-electron chi connectivity index (χ1n) is 7.40. The molecule has 1 aliphatic carbocycles. The van der Waals surface area contributed by atoms with Crippen LogP contribution in [0.1, 0.15) is 12.8 Å². The Bertz CT molecular complexity index is 632. The number of anilines is 1. The van der Waals surface area contributed by atoms with E-state index in [9.17, 15) is 4.79 Å². The molecule has 2 N–H and O–H groups in total. The number of aliphatic hydroxyl groups excluding tert-OH is 1. The molecule has 1 fully saturated rings. The van der Waals surface area contributed by atoms with Crippen LogP contribution in [-0.4, -0.2) is 41.7 Å². The molecule has 0 aromatic heterocycles. The van der Waals surface area contributed by atoms with E-state index in [1.165, 1.54) is 0 Å². The molecule has 0 spiro atoms. The Morgan fingerprint density at radius 1 is 1.19 bits per heavy atom. The second-order valence-corrected chi connectivity index (χ2v) is 5.50. The van der Waals surface area contributed by atoms with Crippen LogP contribution in [0.15, 0.2) is 42.5 Å². The fourth-order valence-electron chi connectivity index (χ4n) is 2.67. The zero-order valence-electron chi connectivity index (χ0n) is 12.0. The Balaban J connectivity index is 1.71. The van der Waals surface area contributed by atoms with E-state index < -0.39 is 0 Å². The van der Waals surface area contributed by atoms with Gasteiger partial charge in [-0.25, -0.2) is 0 Å². The minimum Gasteiger partial charge on any atom is -0.395 e. The van der Waals surface area contributed by atoms with Gasteiger partial charge in [0, 0.05) is 23.7 Å². The van der Waals surface area contributed by atoms with E-state index >= 15 is 0 Å². The molecule has 2 aromatic carbocycles. The van der Waals surface area contributed by atoms with Gasteiger partial charge in [0.2, 0.25) is 5.91 Å². The highest BCUT2D eigenvalue weighted by atomic mass is 16.3. The number of hydrogen-bond donors (Lipinski definition) is 2. The van der Waals surface area contributed by atoms with Gasteiger partial charge in [-0.2, -0.15) is 0 Å². The fourth-order valence-corrected chi connectivity index (χ4v) is 2.67. The molecule has 1 saturated carbocycles. The summed E-state index contributed by atoms with van der Waals surface area (Å²) >= 11 is 0. The summed E-state index contributed by atoms with van der Waals surface area (Å²) in [7, 11) is 0. The number of fused-ring (bicyclic) bond motifs is 1. The maximum atomic E-state index is 12.2. The van der Waals surface area contributed by atoms with E-state index in [0.717, 1.165) is 29.3 Å². The molecule has 110 valence electrons. The summed E-state index contributed by atoms with van der Waals surface area (Å²) in [6.07, 6.45) is 2.25. The van der Waals surface area contributed by atoms with E-state index in [0.29, 0.717) is 19.1 Å². The predicted octanol–water partition coefficient (Wildman–Crippen LogP) is 2.23. The van der Waals surface area contributed by atoms with Crippen LogP contribution in [0.2, 0.25) is 0 Å². The van der Waals surface area contributed by atoms with Crippen molar-refractivity contribution in [2.45, 2.75) is 18.9 Å². The standard InChI is InChI=1S/C17H20N2O2/c20-11-10-19(14-8-9-14)12-17(21)18-16-7-3-5-13-4-1-2-6-15(13)16/h1-7,14,20H,8-12H2,(H,18,21). The quantitative estimate of drug-likeness (QED) is 0.855. The summed E-state index contributed by atoms with van der Waals surface area (Å²) in [4.78, 5) is 14.3. The third-order valence-corrected chi connectivity index (χ3v) is 3.86. The van der Waals surface area contributed by atoms with Gasteiger partial charge < -0.3 is 10.4 Å². The molecule has 0 radical (unpaired) electrons. The number of carbonyl (C=O) groups excluding carboxylic acids is 1. The number of amides is 1. The molecule has 4 nitrogen and oxygen atoms in total. The smallest absolute Gasteiger partial charge is 0.238 e. The highest BCUT2D eigenvalue weighted by Gasteiger charge is 2.29. The van der Waals surface area contributed by atoms with Crippen LogP contribution in [0, 0.1) is 0 Å². The first kappa shape index (κ1) is 14.0. The van der Waals surface area contributed by atoms with Gasteiger partial charge in [0.25, 0.3) is 0 Å². The summed E-state index contributed by atoms with van der Waals surface area (Å²) in [6, 6.07) is 14.4. The summed E-state index contributed by atoms with van der Waals surface area (Å²) in [5, 5.41) is 14.2. The minimum atomic E-state index is -0.0216. The van der Waals surface area contributed by atoms with Gasteiger partial charge in [-0.1, -0.05) is 36.4 Å². The third-order valence-electron chi connectivity index (χ3n) is 3.86. The summed E-state index contributed by atoms with van der Waals surface area (Å²) in [6.45, 7) is 1.00. The van der Waals surface area contributed by atoms with Crippen LogP contribution in [0.4, 0.5) is 5.69 Å². The number of rotatable bonds is 6. The summed E-state index contributed by atoms with van der Waals surface area (Å²) in [5.74, 6) is -0.0216. The molecule has 1 aliphatic rings. The highest BCUT2D eigenvalue weighted by molar-refractivity contribution is 6.02. The molecule has 0 atom stereocenters. The van der Waals surface area contributed by atoms with Crippen molar-refractivity contribution in [3.05, 3.63) is 42.5 Å². The number of nitrogens with zero attached hydrogens (tertiary/aromatic N) is 1. The Morgan fingerprint density at radius 2 is 1.95 bits per heavy atom. The Labute approximate surface area is 124 Å². The summed E-state index contributed by atoms with van der Waals surface area (Å²) in [5.41, 5.74) is 0.845. The number of nitrogens with one attached hydrogen (secondary N) is 1. The first-order valence-corrected chi connectivity index (χ1v) is 7.40. The minimum absolute atomic E-state index is 0.0216. The zero-order chi connectivity index (χ0) is 14.7. The zero-order valence-corrected chi connectivity index (χ0v) is 12.0. The lowest BCUT2D eigenvalue weighted by atomic mass is 10.1. The second-order valence-electron chi connectivity index (χ2n) is 5.50. The van der Waals surface area contributed by atoms with Crippen molar-refractivity contribution >= 4 is 22.4 Å². The molecule has 0 unspecified atom stereocenters. The fraction of sp³-hybridized carbons (Fsp3) is 0.353. The van der Waals surface area contributed by atoms with Gasteiger partial charge in [-0.3, -0.25) is 9.69 Å². The maximum Gasteiger partial charge on any atom is 0.238 e. The molecule has 0 saturated heterocycles. The Hall–Kier alpha value is -1.91. The van der Waals surface area contributed by atoms with Crippen molar-refractivity contribution in [1.82, 2.24) is 4.90 Å². The van der Waals surface area contributed by atoms with Gasteiger partial charge in [0.15, 0.2) is 0 Å². The SMILES string of the molecule is O=C(CN(CCO)C1CC1)Nc1cccc2ccccc12. The molecule has 21 heavy (non-hydrogen) atoms. The van der Waals surface area contributed by atoms with Crippen molar-refractivity contribution in [2.24, 2.45) is 0 Å². The molecule has 0 bridgehead atoms. The van der Waals surface area contributed by atoms with Gasteiger partial charge >= 0.3 is 0 Å². The van der Waals surface area contributed by atoms with Crippen LogP contribution >= 0.6 is 0 Å². The molecule has 3 rings (SSSR count). The lowest BCUT2D eigenvalue weighted by molar-refractivity contribution is -0.117. The lowest BCUT2D eigenvalue weighted by Gasteiger charge is -2.20. The molecule has 2 aromatic rings. The van der Waals surface area contributed by atoms with Gasteiger partial charge in [0.1, 0.15) is 0 Å². The molecule has 4 heteroatoms. The van der Waals surface area contributed by atoms with Crippen LogP contribution < -0.4 is 5.32 Å². The molecular weight excluding hydrogens is 264 g/mol. The van der Waals surface area contributed by atoms with Crippen LogP contribution in [0.3, 0.4) is 0 Å². The van der Waals surface area contributed by atoms with E-state index in [2.05, 4.69) is 10.2 Å². The summed E-state index contributed by atoms with van der Waals surface area (Å²) < 4.78 is 0. The molecule has 0 heterocycles. The number of hydrogen-bond acceptors (Lipinski definition) is 3. The van der Waals surface area contributed by atoms with Crippen molar-refractivity contribution in [2.75, 3.05) is 25.0 Å². The van der Waals surface area contributed by atoms with Crippen molar-refractivity contribution < 1.29 is 9.90 Å². The van der Waals surface area contributed by atoms with E-state index in [1.54, 1.807) is 0 Å². The maximum absolute atomic E-state index is 12.2. The largest absolute Gasteiger partial charge is 0.395 e. The molecular formula is C17H20N2O2. The number of carbonyl (C=O) groups is 1. The van der Waals surface area contributed by atoms with Crippen LogP contribution in [0.25, 0.3) is 10.8 Å². The Morgan fingerprint density at radius 3 is 2.71 bits per heavy atom. The first-order chi connectivity index (χ1) is 10.3. The predicted molar refractivity (Wildman–Crippen MR) is 84.3 cm³/mol. The molecule has 0 aliphatic heterocycles.